The van der Waals surface area contributed by atoms with Gasteiger partial charge in [0.15, 0.2) is 11.5 Å². The lowest BCUT2D eigenvalue weighted by molar-refractivity contribution is 0.0916. The molecular formula is C18H20N2O6S. The third-order valence-corrected chi connectivity index (χ3v) is 4.46. The Morgan fingerprint density at radius 1 is 1.11 bits per heavy atom. The first-order valence-corrected chi connectivity index (χ1v) is 10.1. The van der Waals surface area contributed by atoms with E-state index in [1.54, 1.807) is 18.2 Å². The highest BCUT2D eigenvalue weighted by Crippen LogP contribution is 2.32. The molecule has 0 spiro atoms. The van der Waals surface area contributed by atoms with Crippen molar-refractivity contribution in [2.45, 2.75) is 6.10 Å². The summed E-state index contributed by atoms with van der Waals surface area (Å²) in [5, 5.41) is 12.9. The lowest BCUT2D eigenvalue weighted by atomic mass is 10.1. The quantitative estimate of drug-likeness (QED) is 0.683. The van der Waals surface area contributed by atoms with Crippen molar-refractivity contribution in [3.63, 3.8) is 0 Å². The average molecular weight is 392 g/mol. The van der Waals surface area contributed by atoms with Crippen molar-refractivity contribution in [3.8, 4) is 11.5 Å². The molecule has 1 heterocycles. The van der Waals surface area contributed by atoms with Gasteiger partial charge in [0, 0.05) is 17.8 Å². The molecule has 1 atom stereocenters. The Bertz CT molecular complexity index is 927. The number of aliphatic hydroxyl groups excluding tert-OH is 1. The van der Waals surface area contributed by atoms with Gasteiger partial charge in [0.05, 0.1) is 12.4 Å². The van der Waals surface area contributed by atoms with Crippen molar-refractivity contribution >= 4 is 21.6 Å². The van der Waals surface area contributed by atoms with E-state index in [2.05, 4.69) is 10.0 Å². The number of nitrogens with one attached hydrogen (secondary N) is 2. The zero-order chi connectivity index (χ0) is 19.4. The molecule has 0 saturated carbocycles. The molecule has 2 aromatic rings. The maximum absolute atomic E-state index is 12.2. The van der Waals surface area contributed by atoms with Crippen LogP contribution < -0.4 is 19.5 Å². The molecule has 0 aliphatic carbocycles. The van der Waals surface area contributed by atoms with Gasteiger partial charge < -0.3 is 19.9 Å². The van der Waals surface area contributed by atoms with E-state index in [9.17, 15) is 18.3 Å². The van der Waals surface area contributed by atoms with Gasteiger partial charge >= 0.3 is 0 Å². The van der Waals surface area contributed by atoms with E-state index in [0.29, 0.717) is 41.5 Å². The highest BCUT2D eigenvalue weighted by molar-refractivity contribution is 7.92. The first-order valence-electron chi connectivity index (χ1n) is 8.25. The summed E-state index contributed by atoms with van der Waals surface area (Å²) in [5.74, 6) is 0.819. The molecule has 3 rings (SSSR count). The molecule has 1 aliphatic heterocycles. The molecule has 27 heavy (non-hydrogen) atoms. The van der Waals surface area contributed by atoms with E-state index < -0.39 is 16.1 Å². The van der Waals surface area contributed by atoms with Crippen LogP contribution in [0.3, 0.4) is 0 Å². The van der Waals surface area contributed by atoms with E-state index >= 15 is 0 Å². The predicted octanol–water partition coefficient (Wildman–Crippen LogP) is 1.29. The number of sulfonamides is 1. The normalized spacial score (nSPS) is 14.3. The van der Waals surface area contributed by atoms with Gasteiger partial charge in [-0.3, -0.25) is 9.52 Å². The molecule has 1 unspecified atom stereocenters. The average Bonchev–Trinajstić information content (AvgIpc) is 2.64. The van der Waals surface area contributed by atoms with Crippen molar-refractivity contribution < 1.29 is 27.8 Å². The predicted molar refractivity (Wildman–Crippen MR) is 99.6 cm³/mol. The van der Waals surface area contributed by atoms with E-state index in [1.165, 1.54) is 24.3 Å². The molecule has 9 heteroatoms. The van der Waals surface area contributed by atoms with Crippen LogP contribution in [0.2, 0.25) is 0 Å². The van der Waals surface area contributed by atoms with Crippen LogP contribution in [0.15, 0.2) is 42.5 Å². The van der Waals surface area contributed by atoms with Crippen molar-refractivity contribution in [1.82, 2.24) is 5.32 Å². The van der Waals surface area contributed by atoms with E-state index in [4.69, 9.17) is 9.47 Å². The molecule has 0 saturated heterocycles. The lowest BCUT2D eigenvalue weighted by Crippen LogP contribution is -2.28. The van der Waals surface area contributed by atoms with Gasteiger partial charge in [0.1, 0.15) is 13.2 Å². The maximum atomic E-state index is 12.2. The SMILES string of the molecule is CS(=O)(=O)Nc1ccc(C(=O)NCC(O)c2ccc3c(c2)OCCO3)cc1. The van der Waals surface area contributed by atoms with Crippen LogP contribution in [0.1, 0.15) is 22.0 Å². The number of anilines is 1. The highest BCUT2D eigenvalue weighted by atomic mass is 32.2. The van der Waals surface area contributed by atoms with Crippen LogP contribution in [0, 0.1) is 0 Å². The van der Waals surface area contributed by atoms with Crippen LogP contribution in [0.25, 0.3) is 0 Å². The van der Waals surface area contributed by atoms with E-state index in [0.717, 1.165) is 6.26 Å². The molecule has 3 N–H and O–H groups in total. The standard InChI is InChI=1S/C18H20N2O6S/c1-27(23,24)20-14-5-2-12(3-6-14)18(22)19-11-15(21)13-4-7-16-17(10-13)26-9-8-25-16/h2-7,10,15,20-21H,8-9,11H2,1H3,(H,19,22). The zero-order valence-corrected chi connectivity index (χ0v) is 15.5. The number of carbonyl (C=O) groups is 1. The molecule has 144 valence electrons. The molecule has 8 nitrogen and oxygen atoms in total. The largest absolute Gasteiger partial charge is 0.486 e. The highest BCUT2D eigenvalue weighted by Gasteiger charge is 2.16. The maximum Gasteiger partial charge on any atom is 0.251 e. The molecule has 0 radical (unpaired) electrons. The van der Waals surface area contributed by atoms with Gasteiger partial charge in [-0.2, -0.15) is 0 Å². The van der Waals surface area contributed by atoms with Crippen LogP contribution in [-0.4, -0.2) is 45.4 Å². The molecule has 0 bridgehead atoms. The summed E-state index contributed by atoms with van der Waals surface area (Å²) in [4.78, 5) is 12.2. The second kappa shape index (κ2) is 7.85. The Labute approximate surface area is 157 Å². The summed E-state index contributed by atoms with van der Waals surface area (Å²) >= 11 is 0. The zero-order valence-electron chi connectivity index (χ0n) is 14.6. The number of carbonyl (C=O) groups excluding carboxylic acids is 1. The third kappa shape index (κ3) is 5.11. The number of rotatable bonds is 6. The summed E-state index contributed by atoms with van der Waals surface area (Å²) in [6.07, 6.45) is 0.142. The van der Waals surface area contributed by atoms with Crippen LogP contribution in [0.4, 0.5) is 5.69 Å². The lowest BCUT2D eigenvalue weighted by Gasteiger charge is -2.20. The minimum Gasteiger partial charge on any atom is -0.486 e. The fourth-order valence-electron chi connectivity index (χ4n) is 2.58. The van der Waals surface area contributed by atoms with Gasteiger partial charge in [-0.25, -0.2) is 8.42 Å². The minimum absolute atomic E-state index is 0.0157. The fourth-order valence-corrected chi connectivity index (χ4v) is 3.14. The number of hydrogen-bond donors (Lipinski definition) is 3. The molecule has 1 amide bonds. The molecule has 0 fully saturated rings. The molecule has 2 aromatic carbocycles. The second-order valence-corrected chi connectivity index (χ2v) is 7.83. The number of fused-ring (bicyclic) bond motifs is 1. The fraction of sp³-hybridized carbons (Fsp3) is 0.278. The summed E-state index contributed by atoms with van der Waals surface area (Å²) in [5.41, 5.74) is 1.32. The van der Waals surface area contributed by atoms with Gasteiger partial charge in [0.25, 0.3) is 5.91 Å². The van der Waals surface area contributed by atoms with Gasteiger partial charge in [-0.05, 0) is 42.0 Å². The summed E-state index contributed by atoms with van der Waals surface area (Å²) in [6, 6.07) is 11.1. The monoisotopic (exact) mass is 392 g/mol. The van der Waals surface area contributed by atoms with Crippen molar-refractivity contribution in [3.05, 3.63) is 53.6 Å². The first-order chi connectivity index (χ1) is 12.8. The molecule has 0 aromatic heterocycles. The smallest absolute Gasteiger partial charge is 0.251 e. The van der Waals surface area contributed by atoms with E-state index in [-0.39, 0.29) is 12.5 Å². The second-order valence-electron chi connectivity index (χ2n) is 6.08. The summed E-state index contributed by atoms with van der Waals surface area (Å²) in [6.45, 7) is 0.957. The number of amides is 1. The van der Waals surface area contributed by atoms with Gasteiger partial charge in [-0.15, -0.1) is 0 Å². The van der Waals surface area contributed by atoms with E-state index in [1.807, 2.05) is 0 Å². The Kier molecular flexibility index (Phi) is 5.52. The number of benzene rings is 2. The molecular weight excluding hydrogens is 372 g/mol. The van der Waals surface area contributed by atoms with Crippen LogP contribution in [-0.2, 0) is 10.0 Å². The Balaban J connectivity index is 1.58. The van der Waals surface area contributed by atoms with Crippen molar-refractivity contribution in [2.24, 2.45) is 0 Å². The van der Waals surface area contributed by atoms with Gasteiger partial charge in [0.2, 0.25) is 10.0 Å². The Morgan fingerprint density at radius 2 is 1.78 bits per heavy atom. The number of hydrogen-bond acceptors (Lipinski definition) is 6. The van der Waals surface area contributed by atoms with Crippen LogP contribution in [0.5, 0.6) is 11.5 Å². The Morgan fingerprint density at radius 3 is 2.44 bits per heavy atom. The number of ether oxygens (including phenoxy) is 2. The number of aliphatic hydroxyl groups is 1. The third-order valence-electron chi connectivity index (χ3n) is 3.86. The minimum atomic E-state index is -3.37. The summed E-state index contributed by atoms with van der Waals surface area (Å²) < 4.78 is 35.6. The topological polar surface area (TPSA) is 114 Å². The summed E-state index contributed by atoms with van der Waals surface area (Å²) in [7, 11) is -3.37. The van der Waals surface area contributed by atoms with Crippen molar-refractivity contribution in [1.29, 1.82) is 0 Å². The van der Waals surface area contributed by atoms with Crippen molar-refractivity contribution in [2.75, 3.05) is 30.7 Å². The molecule has 1 aliphatic rings. The van der Waals surface area contributed by atoms with Gasteiger partial charge in [-0.1, -0.05) is 6.07 Å². The Hall–Kier alpha value is -2.78. The first kappa shape index (κ1) is 19.0. The van der Waals surface area contributed by atoms with Crippen LogP contribution >= 0.6 is 0 Å².